The first-order valence-corrected chi connectivity index (χ1v) is 12.5. The van der Waals surface area contributed by atoms with Crippen molar-refractivity contribution in [3.63, 3.8) is 0 Å². The van der Waals surface area contributed by atoms with Gasteiger partial charge >= 0.3 is 0 Å². The van der Waals surface area contributed by atoms with Crippen LogP contribution in [0.4, 0.5) is 0 Å². The summed E-state index contributed by atoms with van der Waals surface area (Å²) in [4.78, 5) is 17.7. The molecule has 2 aromatic rings. The van der Waals surface area contributed by atoms with E-state index in [9.17, 15) is 4.79 Å². The molecule has 0 aromatic heterocycles. The number of hydrogen-bond acceptors (Lipinski definition) is 3. The van der Waals surface area contributed by atoms with Crippen molar-refractivity contribution in [2.75, 3.05) is 26.2 Å². The van der Waals surface area contributed by atoms with Crippen molar-refractivity contribution in [3.8, 4) is 0 Å². The maximum absolute atomic E-state index is 12.7. The number of nitrogens with zero attached hydrogens (tertiary/aromatic N) is 2. The Labute approximate surface area is 195 Å². The summed E-state index contributed by atoms with van der Waals surface area (Å²) < 4.78 is 1.12. The molecule has 0 spiro atoms. The summed E-state index contributed by atoms with van der Waals surface area (Å²) in [6.45, 7) is 7.00. The fraction of sp³-hybridized carbons (Fsp3) is 0.500. The Balaban J connectivity index is 1.21. The molecule has 2 fully saturated rings. The van der Waals surface area contributed by atoms with Gasteiger partial charge < -0.3 is 5.32 Å². The highest BCUT2D eigenvalue weighted by Gasteiger charge is 2.24. The summed E-state index contributed by atoms with van der Waals surface area (Å²) in [6, 6.07) is 17.2. The third-order valence-corrected chi connectivity index (χ3v) is 7.06. The smallest absolute Gasteiger partial charge is 0.223 e. The molecule has 5 heteroatoms. The van der Waals surface area contributed by atoms with Gasteiger partial charge in [0.2, 0.25) is 5.91 Å². The summed E-state index contributed by atoms with van der Waals surface area (Å²) in [6.07, 6.45) is 5.88. The van der Waals surface area contributed by atoms with Crippen molar-refractivity contribution in [3.05, 3.63) is 69.7 Å². The summed E-state index contributed by atoms with van der Waals surface area (Å²) in [5.41, 5.74) is 3.88. The molecule has 0 saturated carbocycles. The highest BCUT2D eigenvalue weighted by molar-refractivity contribution is 9.10. The van der Waals surface area contributed by atoms with Crippen LogP contribution in [-0.2, 0) is 24.4 Å². The fourth-order valence-corrected chi connectivity index (χ4v) is 5.24. The average Bonchev–Trinajstić information content (AvgIpc) is 2.79. The Morgan fingerprint density at radius 3 is 2.16 bits per heavy atom. The zero-order valence-corrected chi connectivity index (χ0v) is 19.9. The third-order valence-electron chi connectivity index (χ3n) is 6.57. The number of benzene rings is 2. The number of hydrogen-bond donors (Lipinski definition) is 1. The van der Waals surface area contributed by atoms with E-state index in [1.807, 2.05) is 0 Å². The molecular formula is C26H34BrN3O. The molecule has 2 aromatic carbocycles. The minimum atomic E-state index is 0.135. The lowest BCUT2D eigenvalue weighted by atomic mass is 9.95. The highest BCUT2D eigenvalue weighted by atomic mass is 79.9. The van der Waals surface area contributed by atoms with E-state index < -0.39 is 0 Å². The molecule has 4 rings (SSSR count). The van der Waals surface area contributed by atoms with Gasteiger partial charge in [0.05, 0.1) is 0 Å². The van der Waals surface area contributed by atoms with Crippen LogP contribution in [0.3, 0.4) is 0 Å². The molecule has 166 valence electrons. The lowest BCUT2D eigenvalue weighted by Gasteiger charge is -2.31. The second-order valence-corrected chi connectivity index (χ2v) is 9.97. The van der Waals surface area contributed by atoms with Gasteiger partial charge in [-0.2, -0.15) is 0 Å². The minimum absolute atomic E-state index is 0.135. The Hall–Kier alpha value is -1.69. The minimum Gasteiger partial charge on any atom is -0.352 e. The lowest BCUT2D eigenvalue weighted by molar-refractivity contribution is -0.126. The normalized spacial score (nSPS) is 18.7. The number of carbonyl (C=O) groups excluding carboxylic acids is 1. The van der Waals surface area contributed by atoms with Crippen LogP contribution >= 0.6 is 15.9 Å². The number of likely N-dealkylation sites (tertiary alicyclic amines) is 2. The van der Waals surface area contributed by atoms with Crippen molar-refractivity contribution in [1.29, 1.82) is 0 Å². The molecule has 2 heterocycles. The molecule has 0 radical (unpaired) electrons. The van der Waals surface area contributed by atoms with Crippen LogP contribution in [0.5, 0.6) is 0 Å². The molecule has 4 nitrogen and oxygen atoms in total. The van der Waals surface area contributed by atoms with Crippen molar-refractivity contribution in [2.24, 2.45) is 5.92 Å². The first kappa shape index (κ1) is 22.5. The number of carbonyl (C=O) groups is 1. The molecule has 31 heavy (non-hydrogen) atoms. The molecule has 1 N–H and O–H groups in total. The average molecular weight is 484 g/mol. The van der Waals surface area contributed by atoms with Crippen molar-refractivity contribution < 1.29 is 4.79 Å². The van der Waals surface area contributed by atoms with Crippen LogP contribution in [0.25, 0.3) is 0 Å². The van der Waals surface area contributed by atoms with Crippen molar-refractivity contribution in [2.45, 2.75) is 51.7 Å². The molecule has 2 saturated heterocycles. The zero-order chi connectivity index (χ0) is 21.5. The summed E-state index contributed by atoms with van der Waals surface area (Å²) in [5, 5.41) is 3.19. The Kier molecular flexibility index (Phi) is 8.17. The standard InChI is InChI=1S/C26H34BrN3O/c27-25-9-5-8-23(17-25)20-30-14-10-24(11-15-30)26(31)28-18-21-6-4-7-22(16-21)19-29-12-2-1-3-13-29/h4-9,16-17,24H,1-3,10-15,18-20H2,(H,28,31). The van der Waals surface area contributed by atoms with E-state index in [2.05, 4.69) is 79.6 Å². The largest absolute Gasteiger partial charge is 0.352 e. The summed E-state index contributed by atoms with van der Waals surface area (Å²) >= 11 is 3.55. The maximum Gasteiger partial charge on any atom is 0.223 e. The monoisotopic (exact) mass is 483 g/mol. The van der Waals surface area contributed by atoms with E-state index in [-0.39, 0.29) is 11.8 Å². The SMILES string of the molecule is O=C(NCc1cccc(CN2CCCCC2)c1)C1CCN(Cc2cccc(Br)c2)CC1. The van der Waals surface area contributed by atoms with Gasteiger partial charge in [-0.1, -0.05) is 58.7 Å². The molecule has 0 atom stereocenters. The van der Waals surface area contributed by atoms with Crippen LogP contribution in [0.15, 0.2) is 53.0 Å². The fourth-order valence-electron chi connectivity index (χ4n) is 4.79. The van der Waals surface area contributed by atoms with E-state index in [0.717, 1.165) is 43.5 Å². The van der Waals surface area contributed by atoms with Gasteiger partial charge in [-0.05, 0) is 80.7 Å². The van der Waals surface area contributed by atoms with Gasteiger partial charge in [-0.25, -0.2) is 0 Å². The number of piperidine rings is 2. The van der Waals surface area contributed by atoms with Gasteiger partial charge in [0.15, 0.2) is 0 Å². The number of nitrogens with one attached hydrogen (secondary N) is 1. The molecule has 1 amide bonds. The topological polar surface area (TPSA) is 35.6 Å². The Morgan fingerprint density at radius 1 is 0.839 bits per heavy atom. The van der Waals surface area contributed by atoms with E-state index in [1.54, 1.807) is 0 Å². The van der Waals surface area contributed by atoms with Crippen molar-refractivity contribution >= 4 is 21.8 Å². The molecule has 2 aliphatic heterocycles. The molecule has 0 unspecified atom stereocenters. The van der Waals surface area contributed by atoms with E-state index in [1.165, 1.54) is 49.0 Å². The quantitative estimate of drug-likeness (QED) is 0.603. The van der Waals surface area contributed by atoms with Gasteiger partial charge in [0.1, 0.15) is 0 Å². The van der Waals surface area contributed by atoms with Crippen molar-refractivity contribution in [1.82, 2.24) is 15.1 Å². The van der Waals surface area contributed by atoms with E-state index in [0.29, 0.717) is 6.54 Å². The van der Waals surface area contributed by atoms with E-state index in [4.69, 9.17) is 0 Å². The van der Waals surface area contributed by atoms with Gasteiger partial charge in [0.25, 0.3) is 0 Å². The highest BCUT2D eigenvalue weighted by Crippen LogP contribution is 2.21. The van der Waals surface area contributed by atoms with Crippen LogP contribution in [0.2, 0.25) is 0 Å². The molecular weight excluding hydrogens is 450 g/mol. The summed E-state index contributed by atoms with van der Waals surface area (Å²) in [5.74, 6) is 0.346. The van der Waals surface area contributed by atoms with Crippen LogP contribution in [-0.4, -0.2) is 41.9 Å². The lowest BCUT2D eigenvalue weighted by Crippen LogP contribution is -2.40. The van der Waals surface area contributed by atoms with Gasteiger partial charge in [-0.3, -0.25) is 14.6 Å². The van der Waals surface area contributed by atoms with Gasteiger partial charge in [-0.15, -0.1) is 0 Å². The first-order valence-electron chi connectivity index (χ1n) is 11.7. The maximum atomic E-state index is 12.7. The predicted molar refractivity (Wildman–Crippen MR) is 130 cm³/mol. The Bertz CT molecular complexity index is 857. The number of rotatable bonds is 7. The molecule has 2 aliphatic rings. The van der Waals surface area contributed by atoms with Crippen LogP contribution in [0, 0.1) is 5.92 Å². The first-order chi connectivity index (χ1) is 15.2. The Morgan fingerprint density at radius 2 is 1.45 bits per heavy atom. The van der Waals surface area contributed by atoms with E-state index >= 15 is 0 Å². The van der Waals surface area contributed by atoms with Crippen LogP contribution < -0.4 is 5.32 Å². The number of amides is 1. The zero-order valence-electron chi connectivity index (χ0n) is 18.4. The van der Waals surface area contributed by atoms with Gasteiger partial charge in [0, 0.05) is 30.0 Å². The van der Waals surface area contributed by atoms with Crippen LogP contribution in [0.1, 0.15) is 48.8 Å². The second-order valence-electron chi connectivity index (χ2n) is 9.05. The summed E-state index contributed by atoms with van der Waals surface area (Å²) in [7, 11) is 0. The second kappa shape index (κ2) is 11.3. The number of halogens is 1. The molecule has 0 aliphatic carbocycles. The predicted octanol–water partition coefficient (Wildman–Crippen LogP) is 4.96. The third kappa shape index (κ3) is 6.90. The molecule has 0 bridgehead atoms.